The fraction of sp³-hybridized carbons (Fsp3) is 0.172. The summed E-state index contributed by atoms with van der Waals surface area (Å²) in [6.45, 7) is 4.32. The monoisotopic (exact) mass is 655 g/mol. The van der Waals surface area contributed by atoms with Crippen molar-refractivity contribution in [3.8, 4) is 5.75 Å². The van der Waals surface area contributed by atoms with Crippen LogP contribution >= 0.6 is 38.5 Å². The lowest BCUT2D eigenvalue weighted by Crippen LogP contribution is -2.29. The molecule has 3 aromatic rings. The van der Waals surface area contributed by atoms with E-state index in [4.69, 9.17) is 9.47 Å². The third-order valence-corrected chi connectivity index (χ3v) is 7.90. The summed E-state index contributed by atoms with van der Waals surface area (Å²) in [5, 5.41) is 3.31. The Balaban J connectivity index is 1.57. The number of dihydropyridines is 1. The van der Waals surface area contributed by atoms with E-state index >= 15 is 0 Å². The van der Waals surface area contributed by atoms with Crippen molar-refractivity contribution < 1.29 is 19.1 Å². The summed E-state index contributed by atoms with van der Waals surface area (Å²) in [6, 6.07) is 19.6. The van der Waals surface area contributed by atoms with Gasteiger partial charge < -0.3 is 14.8 Å². The average molecular weight is 656 g/mol. The van der Waals surface area contributed by atoms with Crippen molar-refractivity contribution in [2.24, 2.45) is 0 Å². The predicted molar refractivity (Wildman–Crippen MR) is 151 cm³/mol. The number of hydrogen-bond donors (Lipinski definition) is 1. The first-order valence-electron chi connectivity index (χ1n) is 11.4. The van der Waals surface area contributed by atoms with E-state index in [1.165, 1.54) is 12.7 Å². The van der Waals surface area contributed by atoms with E-state index < -0.39 is 11.9 Å². The Morgan fingerprint density at radius 2 is 1.75 bits per heavy atom. The van der Waals surface area contributed by atoms with Crippen LogP contribution < -0.4 is 10.1 Å². The van der Waals surface area contributed by atoms with Crippen LogP contribution in [0.3, 0.4) is 0 Å². The van der Waals surface area contributed by atoms with Crippen molar-refractivity contribution in [3.05, 3.63) is 113 Å². The largest absolute Gasteiger partial charge is 0.487 e. The van der Waals surface area contributed by atoms with Crippen molar-refractivity contribution in [1.29, 1.82) is 0 Å². The van der Waals surface area contributed by atoms with Crippen molar-refractivity contribution in [2.45, 2.75) is 26.4 Å². The highest BCUT2D eigenvalue weighted by Gasteiger charge is 2.43. The fourth-order valence-corrected chi connectivity index (χ4v) is 6.54. The highest BCUT2D eigenvalue weighted by atomic mass is 127. The molecule has 0 bridgehead atoms. The number of hydrogen-bond acceptors (Lipinski definition) is 5. The zero-order valence-electron chi connectivity index (χ0n) is 19.9. The van der Waals surface area contributed by atoms with Gasteiger partial charge in [0.15, 0.2) is 5.78 Å². The van der Waals surface area contributed by atoms with E-state index in [9.17, 15) is 9.59 Å². The number of ketones is 1. The molecule has 1 heterocycles. The van der Waals surface area contributed by atoms with Gasteiger partial charge in [0.2, 0.25) is 0 Å². The summed E-state index contributed by atoms with van der Waals surface area (Å²) in [5.41, 5.74) is 6.95. The van der Waals surface area contributed by atoms with Crippen LogP contribution in [-0.2, 0) is 16.1 Å². The number of methoxy groups -OCH3 is 1. The number of fused-ring (bicyclic) bond motifs is 2. The Bertz CT molecular complexity index is 1450. The minimum Gasteiger partial charge on any atom is -0.487 e. The van der Waals surface area contributed by atoms with Gasteiger partial charge in [-0.2, -0.15) is 0 Å². The van der Waals surface area contributed by atoms with Crippen LogP contribution in [-0.4, -0.2) is 18.9 Å². The molecule has 36 heavy (non-hydrogen) atoms. The summed E-state index contributed by atoms with van der Waals surface area (Å²) >= 11 is 5.91. The first-order valence-corrected chi connectivity index (χ1v) is 13.3. The molecule has 0 saturated carbocycles. The minimum absolute atomic E-state index is 0.0853. The molecular weight excluding hydrogens is 633 g/mol. The lowest BCUT2D eigenvalue weighted by molar-refractivity contribution is -0.136. The van der Waals surface area contributed by atoms with Crippen molar-refractivity contribution >= 4 is 56.0 Å². The Morgan fingerprint density at radius 3 is 2.42 bits per heavy atom. The van der Waals surface area contributed by atoms with Gasteiger partial charge >= 0.3 is 5.97 Å². The molecule has 3 aromatic carbocycles. The zero-order chi connectivity index (χ0) is 25.6. The molecule has 0 fully saturated rings. The lowest BCUT2D eigenvalue weighted by Gasteiger charge is -2.29. The highest BCUT2D eigenvalue weighted by Crippen LogP contribution is 2.48. The number of carbonyl (C=O) groups excluding carboxylic acids is 2. The number of ether oxygens (including phenoxy) is 2. The summed E-state index contributed by atoms with van der Waals surface area (Å²) in [7, 11) is 1.36. The lowest BCUT2D eigenvalue weighted by atomic mass is 9.80. The van der Waals surface area contributed by atoms with Gasteiger partial charge in [-0.25, -0.2) is 4.79 Å². The molecule has 0 amide bonds. The second-order valence-corrected chi connectivity index (χ2v) is 10.9. The highest BCUT2D eigenvalue weighted by molar-refractivity contribution is 14.1. The molecule has 0 saturated heterocycles. The number of aryl methyl sites for hydroxylation is 1. The second-order valence-electron chi connectivity index (χ2n) is 8.84. The van der Waals surface area contributed by atoms with E-state index in [0.717, 1.165) is 30.4 Å². The van der Waals surface area contributed by atoms with E-state index in [1.54, 1.807) is 0 Å². The first-order chi connectivity index (χ1) is 17.3. The smallest absolute Gasteiger partial charge is 0.336 e. The Labute approximate surface area is 231 Å². The minimum atomic E-state index is -0.579. The van der Waals surface area contributed by atoms with Gasteiger partial charge in [0.05, 0.1) is 26.4 Å². The molecule has 5 nitrogen and oxygen atoms in total. The molecule has 0 radical (unpaired) electrons. The molecule has 1 aliphatic heterocycles. The Kier molecular flexibility index (Phi) is 6.78. The quantitative estimate of drug-likeness (QED) is 0.245. The van der Waals surface area contributed by atoms with Crippen LogP contribution in [0.1, 0.15) is 45.5 Å². The second kappa shape index (κ2) is 9.86. The van der Waals surface area contributed by atoms with Crippen LogP contribution in [0.4, 0.5) is 0 Å². The van der Waals surface area contributed by atoms with Crippen LogP contribution in [0.15, 0.2) is 82.0 Å². The third-order valence-electron chi connectivity index (χ3n) is 6.51. The number of allylic oxidation sites excluding steroid dienone is 2. The van der Waals surface area contributed by atoms with Gasteiger partial charge in [0.25, 0.3) is 0 Å². The van der Waals surface area contributed by atoms with Gasteiger partial charge in [0.1, 0.15) is 12.4 Å². The number of Topliss-reactive ketones (excluding diaryl/α,β-unsaturated/α-hetero) is 1. The first kappa shape index (κ1) is 24.8. The van der Waals surface area contributed by atoms with Gasteiger partial charge in [-0.05, 0) is 75.6 Å². The van der Waals surface area contributed by atoms with Gasteiger partial charge in [-0.1, -0.05) is 54.1 Å². The molecule has 1 aliphatic carbocycles. The molecule has 1 atom stereocenters. The number of nitrogens with one attached hydrogen (secondary N) is 1. The summed E-state index contributed by atoms with van der Waals surface area (Å²) in [5.74, 6) is -0.419. The molecule has 0 spiro atoms. The number of carbonyl (C=O) groups is 2. The average Bonchev–Trinajstić information content (AvgIpc) is 3.14. The topological polar surface area (TPSA) is 64.6 Å². The summed E-state index contributed by atoms with van der Waals surface area (Å²) in [6.07, 6.45) is 0. The third kappa shape index (κ3) is 4.28. The fourth-order valence-electron chi connectivity index (χ4n) is 4.77. The van der Waals surface area contributed by atoms with E-state index in [2.05, 4.69) is 62.9 Å². The molecule has 182 valence electrons. The van der Waals surface area contributed by atoms with E-state index in [-0.39, 0.29) is 5.78 Å². The van der Waals surface area contributed by atoms with Crippen LogP contribution in [0.5, 0.6) is 5.75 Å². The molecule has 1 N–H and O–H groups in total. The van der Waals surface area contributed by atoms with E-state index in [1.807, 2.05) is 55.5 Å². The molecule has 0 unspecified atom stereocenters. The molecule has 2 aliphatic rings. The zero-order valence-corrected chi connectivity index (χ0v) is 23.7. The summed E-state index contributed by atoms with van der Waals surface area (Å²) in [4.78, 5) is 26.5. The van der Waals surface area contributed by atoms with Gasteiger partial charge in [0, 0.05) is 28.3 Å². The standard InChI is InChI=1S/C29H23BrINO4/c1-15-8-10-17(11-9-15)14-36-28-21(30)12-18(13-22(28)31)24-23(29(34)35-3)16(2)32-26-19-6-4-5-7-20(19)27(33)25(24)26/h4-13,24,32H,14H2,1-3H3/t24-/m0/s1. The molecule has 7 heteroatoms. The molecule has 5 rings (SSSR count). The number of halogens is 2. The number of esters is 1. The van der Waals surface area contributed by atoms with Crippen LogP contribution in [0, 0.1) is 10.5 Å². The van der Waals surface area contributed by atoms with Crippen molar-refractivity contribution in [1.82, 2.24) is 5.32 Å². The Hall–Kier alpha value is -2.91. The normalized spacial score (nSPS) is 16.5. The summed E-state index contributed by atoms with van der Waals surface area (Å²) < 4.78 is 12.9. The van der Waals surface area contributed by atoms with Gasteiger partial charge in [-0.3, -0.25) is 4.79 Å². The molecular formula is C29H23BrINO4. The Morgan fingerprint density at radius 1 is 1.06 bits per heavy atom. The maximum atomic E-state index is 13.6. The van der Waals surface area contributed by atoms with Crippen molar-refractivity contribution in [3.63, 3.8) is 0 Å². The van der Waals surface area contributed by atoms with Crippen LogP contribution in [0.25, 0.3) is 5.70 Å². The number of benzene rings is 3. The van der Waals surface area contributed by atoms with Crippen LogP contribution in [0.2, 0.25) is 0 Å². The molecule has 0 aromatic heterocycles. The maximum Gasteiger partial charge on any atom is 0.336 e. The maximum absolute atomic E-state index is 13.6. The predicted octanol–water partition coefficient (Wildman–Crippen LogP) is 6.68. The van der Waals surface area contributed by atoms with Crippen molar-refractivity contribution in [2.75, 3.05) is 7.11 Å². The van der Waals surface area contributed by atoms with Gasteiger partial charge in [-0.15, -0.1) is 0 Å². The number of rotatable bonds is 5. The van der Waals surface area contributed by atoms with E-state index in [0.29, 0.717) is 34.8 Å². The SMILES string of the molecule is COC(=O)C1=C(C)NC2=C(C(=O)c3ccccc32)[C@H]1c1cc(Br)c(OCc2ccc(C)cc2)c(I)c1.